The Morgan fingerprint density at radius 2 is 2.16 bits per heavy atom. The summed E-state index contributed by atoms with van der Waals surface area (Å²) in [5.41, 5.74) is 7.41. The molecule has 1 fully saturated rings. The van der Waals surface area contributed by atoms with E-state index in [1.807, 2.05) is 18.2 Å². The lowest BCUT2D eigenvalue weighted by Crippen LogP contribution is -2.29. The van der Waals surface area contributed by atoms with Crippen LogP contribution in [-0.2, 0) is 22.7 Å². The fourth-order valence-electron chi connectivity index (χ4n) is 2.29. The Morgan fingerprint density at radius 3 is 2.68 bits per heavy atom. The minimum absolute atomic E-state index is 0.102. The SMILES string of the molecule is COc1ccc(CN2C(=O)CC(C)C2=O)cc1CN. The van der Waals surface area contributed by atoms with Gasteiger partial charge in [-0.2, -0.15) is 0 Å². The second-order valence-corrected chi connectivity index (χ2v) is 4.77. The van der Waals surface area contributed by atoms with Crippen molar-refractivity contribution in [3.8, 4) is 5.75 Å². The van der Waals surface area contributed by atoms with Crippen molar-refractivity contribution < 1.29 is 14.3 Å². The number of methoxy groups -OCH3 is 1. The van der Waals surface area contributed by atoms with Gasteiger partial charge in [-0.15, -0.1) is 0 Å². The highest BCUT2D eigenvalue weighted by Crippen LogP contribution is 2.24. The van der Waals surface area contributed by atoms with Crippen LogP contribution in [0, 0.1) is 5.92 Å². The molecular formula is C14H18N2O3. The van der Waals surface area contributed by atoms with Gasteiger partial charge in [-0.3, -0.25) is 14.5 Å². The topological polar surface area (TPSA) is 72.6 Å². The van der Waals surface area contributed by atoms with Crippen molar-refractivity contribution in [3.63, 3.8) is 0 Å². The van der Waals surface area contributed by atoms with Crippen LogP contribution in [-0.4, -0.2) is 23.8 Å². The molecule has 2 N–H and O–H groups in total. The first kappa shape index (κ1) is 13.5. The van der Waals surface area contributed by atoms with Crippen molar-refractivity contribution in [3.05, 3.63) is 29.3 Å². The maximum absolute atomic E-state index is 11.9. The summed E-state index contributed by atoms with van der Waals surface area (Å²) in [5.74, 6) is 0.302. The lowest BCUT2D eigenvalue weighted by molar-refractivity contribution is -0.139. The molecule has 5 nitrogen and oxygen atoms in total. The predicted molar refractivity (Wildman–Crippen MR) is 70.2 cm³/mol. The summed E-state index contributed by atoms with van der Waals surface area (Å²) in [5, 5.41) is 0. The zero-order valence-corrected chi connectivity index (χ0v) is 11.2. The first-order valence-corrected chi connectivity index (χ1v) is 6.27. The van der Waals surface area contributed by atoms with E-state index in [1.54, 1.807) is 14.0 Å². The van der Waals surface area contributed by atoms with Crippen molar-refractivity contribution in [2.24, 2.45) is 11.7 Å². The minimum atomic E-state index is -0.209. The van der Waals surface area contributed by atoms with Crippen LogP contribution in [0.3, 0.4) is 0 Å². The van der Waals surface area contributed by atoms with E-state index >= 15 is 0 Å². The number of nitrogens with zero attached hydrogens (tertiary/aromatic N) is 1. The van der Waals surface area contributed by atoms with Gasteiger partial charge in [0.2, 0.25) is 11.8 Å². The first-order valence-electron chi connectivity index (χ1n) is 6.27. The number of carbonyl (C=O) groups excluding carboxylic acids is 2. The molecule has 0 aromatic heterocycles. The van der Waals surface area contributed by atoms with E-state index in [0.29, 0.717) is 19.5 Å². The fraction of sp³-hybridized carbons (Fsp3) is 0.429. The van der Waals surface area contributed by atoms with Crippen LogP contribution in [0.1, 0.15) is 24.5 Å². The Bertz CT molecular complexity index is 513. The molecule has 1 aromatic carbocycles. The van der Waals surface area contributed by atoms with Crippen molar-refractivity contribution in [1.29, 1.82) is 0 Å². The third-order valence-corrected chi connectivity index (χ3v) is 3.37. The van der Waals surface area contributed by atoms with Gasteiger partial charge in [0.05, 0.1) is 13.7 Å². The van der Waals surface area contributed by atoms with E-state index in [4.69, 9.17) is 10.5 Å². The summed E-state index contributed by atoms with van der Waals surface area (Å²) in [6.07, 6.45) is 0.304. The second kappa shape index (κ2) is 5.40. The zero-order valence-electron chi connectivity index (χ0n) is 11.2. The van der Waals surface area contributed by atoms with Gasteiger partial charge in [-0.25, -0.2) is 0 Å². The summed E-state index contributed by atoms with van der Waals surface area (Å²) in [7, 11) is 1.59. The molecule has 1 heterocycles. The Labute approximate surface area is 112 Å². The Hall–Kier alpha value is -1.88. The van der Waals surface area contributed by atoms with E-state index < -0.39 is 0 Å². The number of amides is 2. The molecule has 0 aliphatic carbocycles. The van der Waals surface area contributed by atoms with Gasteiger partial charge >= 0.3 is 0 Å². The maximum atomic E-state index is 11.9. The standard InChI is InChI=1S/C14H18N2O3/c1-9-5-13(17)16(14(9)18)8-10-3-4-12(19-2)11(6-10)7-15/h3-4,6,9H,5,7-8,15H2,1-2H3. The van der Waals surface area contributed by atoms with E-state index in [-0.39, 0.29) is 17.7 Å². The highest BCUT2D eigenvalue weighted by atomic mass is 16.5. The molecule has 5 heteroatoms. The average molecular weight is 262 g/mol. The molecule has 1 aliphatic rings. The second-order valence-electron chi connectivity index (χ2n) is 4.77. The van der Waals surface area contributed by atoms with Crippen molar-refractivity contribution in [2.75, 3.05) is 7.11 Å². The van der Waals surface area contributed by atoms with E-state index in [9.17, 15) is 9.59 Å². The van der Waals surface area contributed by atoms with Crippen LogP contribution in [0.5, 0.6) is 5.75 Å². The van der Waals surface area contributed by atoms with Crippen LogP contribution in [0.2, 0.25) is 0 Å². The molecule has 102 valence electrons. The molecule has 1 atom stereocenters. The Morgan fingerprint density at radius 1 is 1.42 bits per heavy atom. The molecule has 0 radical (unpaired) electrons. The van der Waals surface area contributed by atoms with Crippen molar-refractivity contribution >= 4 is 11.8 Å². The number of carbonyl (C=O) groups is 2. The molecule has 1 aliphatic heterocycles. The third kappa shape index (κ3) is 2.61. The van der Waals surface area contributed by atoms with Gasteiger partial charge in [-0.1, -0.05) is 13.0 Å². The first-order chi connectivity index (χ1) is 9.06. The number of rotatable bonds is 4. The quantitative estimate of drug-likeness (QED) is 0.823. The minimum Gasteiger partial charge on any atom is -0.496 e. The van der Waals surface area contributed by atoms with Crippen LogP contribution < -0.4 is 10.5 Å². The summed E-state index contributed by atoms with van der Waals surface area (Å²) in [6, 6.07) is 5.54. The number of ether oxygens (including phenoxy) is 1. The molecule has 0 bridgehead atoms. The largest absolute Gasteiger partial charge is 0.496 e. The van der Waals surface area contributed by atoms with Crippen molar-refractivity contribution in [1.82, 2.24) is 4.90 Å². The number of likely N-dealkylation sites (tertiary alicyclic amines) is 1. The Kier molecular flexibility index (Phi) is 3.85. The molecule has 19 heavy (non-hydrogen) atoms. The summed E-state index contributed by atoms with van der Waals surface area (Å²) < 4.78 is 5.19. The van der Waals surface area contributed by atoms with E-state index in [0.717, 1.165) is 16.9 Å². The van der Waals surface area contributed by atoms with Gasteiger partial charge in [-0.05, 0) is 17.7 Å². The number of imide groups is 1. The maximum Gasteiger partial charge on any atom is 0.232 e. The molecule has 2 amide bonds. The third-order valence-electron chi connectivity index (χ3n) is 3.37. The number of nitrogens with two attached hydrogens (primary N) is 1. The summed E-state index contributed by atoms with van der Waals surface area (Å²) in [4.78, 5) is 24.9. The normalized spacial score (nSPS) is 19.1. The summed E-state index contributed by atoms with van der Waals surface area (Å²) >= 11 is 0. The number of hydrogen-bond donors (Lipinski definition) is 1. The van der Waals surface area contributed by atoms with Crippen LogP contribution in [0.4, 0.5) is 0 Å². The molecule has 1 unspecified atom stereocenters. The molecule has 1 aromatic rings. The van der Waals surface area contributed by atoms with Crippen LogP contribution in [0.25, 0.3) is 0 Å². The van der Waals surface area contributed by atoms with Gasteiger partial charge in [0, 0.05) is 24.4 Å². The van der Waals surface area contributed by atoms with E-state index in [1.165, 1.54) is 4.90 Å². The van der Waals surface area contributed by atoms with Gasteiger partial charge in [0.25, 0.3) is 0 Å². The molecule has 0 spiro atoms. The lowest BCUT2D eigenvalue weighted by Gasteiger charge is -2.16. The number of benzene rings is 1. The fourth-order valence-corrected chi connectivity index (χ4v) is 2.29. The predicted octanol–water partition coefficient (Wildman–Crippen LogP) is 1.05. The van der Waals surface area contributed by atoms with Crippen molar-refractivity contribution in [2.45, 2.75) is 26.4 Å². The monoisotopic (exact) mass is 262 g/mol. The van der Waals surface area contributed by atoms with Gasteiger partial charge in [0.1, 0.15) is 5.75 Å². The number of hydrogen-bond acceptors (Lipinski definition) is 4. The molecular weight excluding hydrogens is 244 g/mol. The zero-order chi connectivity index (χ0) is 14.0. The van der Waals surface area contributed by atoms with Gasteiger partial charge < -0.3 is 10.5 Å². The Balaban J connectivity index is 2.20. The highest BCUT2D eigenvalue weighted by molar-refractivity contribution is 6.03. The molecule has 1 saturated heterocycles. The van der Waals surface area contributed by atoms with Gasteiger partial charge in [0.15, 0.2) is 0 Å². The lowest BCUT2D eigenvalue weighted by atomic mass is 10.1. The summed E-state index contributed by atoms with van der Waals surface area (Å²) in [6.45, 7) is 2.44. The van der Waals surface area contributed by atoms with Crippen LogP contribution in [0.15, 0.2) is 18.2 Å². The van der Waals surface area contributed by atoms with Crippen LogP contribution >= 0.6 is 0 Å². The smallest absolute Gasteiger partial charge is 0.232 e. The molecule has 2 rings (SSSR count). The average Bonchev–Trinajstić information content (AvgIpc) is 2.65. The highest BCUT2D eigenvalue weighted by Gasteiger charge is 2.35. The van der Waals surface area contributed by atoms with E-state index in [2.05, 4.69) is 0 Å². The molecule has 0 saturated carbocycles.